The highest BCUT2D eigenvalue weighted by atomic mass is 19.3. The van der Waals surface area contributed by atoms with E-state index >= 15 is 0 Å². The van der Waals surface area contributed by atoms with Crippen LogP contribution in [0.25, 0.3) is 0 Å². The van der Waals surface area contributed by atoms with Crippen LogP contribution in [-0.4, -0.2) is 12.3 Å². The Labute approximate surface area is 45.7 Å². The van der Waals surface area contributed by atoms with Gasteiger partial charge in [0.2, 0.25) is 12.3 Å². The van der Waals surface area contributed by atoms with Crippen molar-refractivity contribution in [2.45, 2.75) is 13.3 Å². The van der Waals surface area contributed by atoms with Gasteiger partial charge in [0.1, 0.15) is 0 Å². The molecular weight excluding hydrogens is 116 g/mol. The number of halogens is 2. The van der Waals surface area contributed by atoms with Crippen LogP contribution in [-0.2, 0) is 4.79 Å². The summed E-state index contributed by atoms with van der Waals surface area (Å²) in [6, 6.07) is 0. The molecule has 0 aliphatic heterocycles. The third-order valence-electron chi connectivity index (χ3n) is 0.792. The Balaban J connectivity index is 3.64. The Morgan fingerprint density at radius 1 is 1.62 bits per heavy atom. The van der Waals surface area contributed by atoms with Crippen LogP contribution in [0.5, 0.6) is 0 Å². The number of nitrogens with one attached hydrogen (secondary N) is 1. The van der Waals surface area contributed by atoms with Gasteiger partial charge < -0.3 is 0 Å². The van der Waals surface area contributed by atoms with E-state index in [-0.39, 0.29) is 0 Å². The molecule has 1 N–H and O–H groups in total. The van der Waals surface area contributed by atoms with Gasteiger partial charge >= 0.3 is 0 Å². The topological polar surface area (TPSA) is 40.9 Å². The van der Waals surface area contributed by atoms with Crippen molar-refractivity contribution >= 4 is 5.91 Å². The van der Waals surface area contributed by atoms with Crippen LogP contribution in [0.3, 0.4) is 0 Å². The fourth-order valence-electron chi connectivity index (χ4n) is 0.114. The average Bonchev–Trinajstić information content (AvgIpc) is 1.64. The van der Waals surface area contributed by atoms with Gasteiger partial charge in [0.15, 0.2) is 0 Å². The summed E-state index contributed by atoms with van der Waals surface area (Å²) in [5.41, 5.74) is 6.20. The first-order chi connectivity index (χ1) is 3.55. The van der Waals surface area contributed by atoms with Gasteiger partial charge in [-0.1, -0.05) is 0 Å². The standard InChI is InChI=1S/C4H6F2NO/c1-2(3(5)6)4(7)8/h2-3,7H,1H3/t2-/m1/s1. The maximum absolute atomic E-state index is 11.3. The highest BCUT2D eigenvalue weighted by Gasteiger charge is 2.20. The SMILES string of the molecule is C[C@@H](C([NH])=O)C(F)F. The van der Waals surface area contributed by atoms with Crippen molar-refractivity contribution < 1.29 is 13.6 Å². The quantitative estimate of drug-likeness (QED) is 0.531. The molecule has 2 nitrogen and oxygen atoms in total. The largest absolute Gasteiger partial charge is 0.273 e. The normalized spacial score (nSPS) is 14.0. The Morgan fingerprint density at radius 3 is 2.00 bits per heavy atom. The van der Waals surface area contributed by atoms with Crippen LogP contribution in [0.4, 0.5) is 8.78 Å². The lowest BCUT2D eigenvalue weighted by atomic mass is 10.2. The molecule has 0 bridgehead atoms. The van der Waals surface area contributed by atoms with Gasteiger partial charge in [0.05, 0.1) is 5.92 Å². The summed E-state index contributed by atoms with van der Waals surface area (Å²) in [7, 11) is 0. The first-order valence-electron chi connectivity index (χ1n) is 2.09. The van der Waals surface area contributed by atoms with Crippen LogP contribution in [0.1, 0.15) is 6.92 Å². The molecule has 0 saturated heterocycles. The van der Waals surface area contributed by atoms with Gasteiger partial charge in [-0.2, -0.15) is 0 Å². The van der Waals surface area contributed by atoms with Crippen LogP contribution in [0.15, 0.2) is 0 Å². The Hall–Kier alpha value is -0.670. The molecule has 8 heavy (non-hydrogen) atoms. The lowest BCUT2D eigenvalue weighted by molar-refractivity contribution is -0.126. The Morgan fingerprint density at radius 2 is 2.00 bits per heavy atom. The summed E-state index contributed by atoms with van der Waals surface area (Å²) in [6.45, 7) is 1.03. The highest BCUT2D eigenvalue weighted by Crippen LogP contribution is 2.06. The van der Waals surface area contributed by atoms with Gasteiger partial charge in [0.25, 0.3) is 0 Å². The number of amides is 1. The minimum Gasteiger partial charge on any atom is -0.273 e. The number of hydrogen-bond donors (Lipinski definition) is 0. The second-order valence-electron chi connectivity index (χ2n) is 1.49. The number of rotatable bonds is 2. The molecule has 0 aromatic rings. The minimum absolute atomic E-state index is 1.03. The molecule has 0 heterocycles. The Bertz CT molecular complexity index is 94.0. The van der Waals surface area contributed by atoms with Crippen molar-refractivity contribution in [3.63, 3.8) is 0 Å². The van der Waals surface area contributed by atoms with Crippen LogP contribution in [0.2, 0.25) is 0 Å². The van der Waals surface area contributed by atoms with Crippen molar-refractivity contribution in [1.82, 2.24) is 5.73 Å². The molecule has 1 radical (unpaired) electrons. The molecule has 0 aliphatic rings. The monoisotopic (exact) mass is 122 g/mol. The minimum atomic E-state index is -2.69. The molecule has 1 atom stereocenters. The molecular formula is C4H6F2NO. The van der Waals surface area contributed by atoms with Gasteiger partial charge in [-0.3, -0.25) is 10.5 Å². The summed E-state index contributed by atoms with van der Waals surface area (Å²) in [4.78, 5) is 9.77. The summed E-state index contributed by atoms with van der Waals surface area (Å²) in [5, 5.41) is 0. The van der Waals surface area contributed by atoms with E-state index in [1.807, 2.05) is 0 Å². The molecule has 0 saturated carbocycles. The summed E-state index contributed by atoms with van der Waals surface area (Å²) in [5.74, 6) is -2.64. The van der Waals surface area contributed by atoms with E-state index in [4.69, 9.17) is 5.73 Å². The van der Waals surface area contributed by atoms with Crippen LogP contribution in [0, 0.1) is 5.92 Å². The van der Waals surface area contributed by atoms with Crippen molar-refractivity contribution in [3.8, 4) is 0 Å². The highest BCUT2D eigenvalue weighted by molar-refractivity contribution is 5.75. The molecule has 4 heteroatoms. The maximum Gasteiger partial charge on any atom is 0.249 e. The van der Waals surface area contributed by atoms with E-state index in [0.29, 0.717) is 0 Å². The lowest BCUT2D eigenvalue weighted by Crippen LogP contribution is -2.18. The molecule has 0 spiro atoms. The van der Waals surface area contributed by atoms with Crippen LogP contribution >= 0.6 is 0 Å². The zero-order valence-electron chi connectivity index (χ0n) is 4.32. The van der Waals surface area contributed by atoms with Gasteiger partial charge in [-0.15, -0.1) is 0 Å². The number of alkyl halides is 2. The molecule has 0 rings (SSSR count). The fraction of sp³-hybridized carbons (Fsp3) is 0.750. The number of hydrogen-bond acceptors (Lipinski definition) is 1. The zero-order valence-corrected chi connectivity index (χ0v) is 4.32. The van der Waals surface area contributed by atoms with Gasteiger partial charge in [-0.25, -0.2) is 8.78 Å². The molecule has 0 aromatic heterocycles. The smallest absolute Gasteiger partial charge is 0.249 e. The van der Waals surface area contributed by atoms with E-state index in [2.05, 4.69) is 0 Å². The van der Waals surface area contributed by atoms with Gasteiger partial charge in [0, 0.05) is 0 Å². The second kappa shape index (κ2) is 2.59. The summed E-state index contributed by atoms with van der Waals surface area (Å²) < 4.78 is 22.7. The van der Waals surface area contributed by atoms with Crippen molar-refractivity contribution in [3.05, 3.63) is 0 Å². The summed E-state index contributed by atoms with van der Waals surface area (Å²) in [6.07, 6.45) is -2.69. The molecule has 0 aromatic carbocycles. The number of carbonyl (C=O) groups is 1. The van der Waals surface area contributed by atoms with E-state index in [9.17, 15) is 13.6 Å². The molecule has 0 fully saturated rings. The third kappa shape index (κ3) is 1.86. The van der Waals surface area contributed by atoms with Crippen molar-refractivity contribution in [2.24, 2.45) is 5.92 Å². The fourth-order valence-corrected chi connectivity index (χ4v) is 0.114. The summed E-state index contributed by atoms with van der Waals surface area (Å²) >= 11 is 0. The van der Waals surface area contributed by atoms with Crippen LogP contribution < -0.4 is 5.73 Å². The third-order valence-corrected chi connectivity index (χ3v) is 0.792. The van der Waals surface area contributed by atoms with E-state index < -0.39 is 18.3 Å². The molecule has 1 amide bonds. The van der Waals surface area contributed by atoms with Crippen molar-refractivity contribution in [1.29, 1.82) is 0 Å². The number of carbonyl (C=O) groups excluding carboxylic acids is 1. The lowest BCUT2D eigenvalue weighted by Gasteiger charge is -2.01. The maximum atomic E-state index is 11.3. The van der Waals surface area contributed by atoms with E-state index in [1.165, 1.54) is 0 Å². The second-order valence-corrected chi connectivity index (χ2v) is 1.49. The predicted octanol–water partition coefficient (Wildman–Crippen LogP) is 0.697. The molecule has 47 valence electrons. The predicted molar refractivity (Wildman–Crippen MR) is 23.3 cm³/mol. The van der Waals surface area contributed by atoms with Gasteiger partial charge in [-0.05, 0) is 6.92 Å². The average molecular weight is 122 g/mol. The molecule has 0 aliphatic carbocycles. The zero-order chi connectivity index (χ0) is 6.73. The van der Waals surface area contributed by atoms with E-state index in [0.717, 1.165) is 6.92 Å². The van der Waals surface area contributed by atoms with E-state index in [1.54, 1.807) is 0 Å². The Kier molecular flexibility index (Phi) is 2.37. The van der Waals surface area contributed by atoms with Crippen molar-refractivity contribution in [2.75, 3.05) is 0 Å². The molecule has 0 unspecified atom stereocenters. The first kappa shape index (κ1) is 7.33. The first-order valence-corrected chi connectivity index (χ1v) is 2.09.